The van der Waals surface area contributed by atoms with Crippen LogP contribution in [0.3, 0.4) is 0 Å². The van der Waals surface area contributed by atoms with Gasteiger partial charge < -0.3 is 26.2 Å². The lowest BCUT2D eigenvalue weighted by molar-refractivity contribution is -0.134. The highest BCUT2D eigenvalue weighted by Crippen LogP contribution is 2.15. The minimum Gasteiger partial charge on any atom is -0.392 e. The Kier molecular flexibility index (Phi) is 15.2. The Balaban J connectivity index is 5.09. The molecule has 0 saturated heterocycles. The van der Waals surface area contributed by atoms with Gasteiger partial charge in [-0.2, -0.15) is 0 Å². The minimum absolute atomic E-state index is 0.153. The summed E-state index contributed by atoms with van der Waals surface area (Å²) in [6, 6.07) is -1.55. The third kappa shape index (κ3) is 12.1. The standard InChI is InChI=1S/C21H42BN4O5/c1-7-10-26(31-22-6)13-16(27)12-15(8-2)20(29)25-18(11-14(4)5)21(30)24-17(9-3)19(23)28/h14-18,27H,7-13H2,1-6H3,(H2,23,28)(H,24,30)(H,25,29)/t15-,16-,17+,18+/m1/s1. The highest BCUT2D eigenvalue weighted by molar-refractivity contribution is 6.24. The molecule has 0 rings (SSSR count). The molecule has 1 radical (unpaired) electrons. The summed E-state index contributed by atoms with van der Waals surface area (Å²) in [6.45, 7) is 12.3. The molecule has 3 amide bonds. The van der Waals surface area contributed by atoms with E-state index in [0.29, 0.717) is 25.8 Å². The molecule has 0 fully saturated rings. The summed E-state index contributed by atoms with van der Waals surface area (Å²) in [7, 11) is 1.55. The Labute approximate surface area is 188 Å². The molecule has 0 unspecified atom stereocenters. The number of amides is 3. The van der Waals surface area contributed by atoms with Gasteiger partial charge in [-0.05, 0) is 38.0 Å². The van der Waals surface area contributed by atoms with Gasteiger partial charge in [-0.3, -0.25) is 14.4 Å². The smallest absolute Gasteiger partial charge is 0.321 e. The van der Waals surface area contributed by atoms with E-state index < -0.39 is 35.9 Å². The van der Waals surface area contributed by atoms with Crippen molar-refractivity contribution < 1.29 is 24.2 Å². The molecule has 5 N–H and O–H groups in total. The zero-order chi connectivity index (χ0) is 24.0. The summed E-state index contributed by atoms with van der Waals surface area (Å²) in [5, 5.41) is 17.6. The maximum Gasteiger partial charge on any atom is 0.321 e. The van der Waals surface area contributed by atoms with E-state index in [2.05, 4.69) is 10.6 Å². The lowest BCUT2D eigenvalue weighted by Gasteiger charge is -2.27. The third-order valence-corrected chi connectivity index (χ3v) is 4.97. The summed E-state index contributed by atoms with van der Waals surface area (Å²) < 4.78 is 5.39. The molecule has 0 aliphatic heterocycles. The number of carbonyl (C=O) groups is 3. The molecule has 10 heteroatoms. The van der Waals surface area contributed by atoms with Crippen LogP contribution in [0.2, 0.25) is 6.82 Å². The van der Waals surface area contributed by atoms with Crippen molar-refractivity contribution in [1.29, 1.82) is 0 Å². The molecule has 0 aromatic carbocycles. The normalized spacial score (nSPS) is 15.3. The van der Waals surface area contributed by atoms with Gasteiger partial charge in [0.2, 0.25) is 17.7 Å². The predicted octanol–water partition coefficient (Wildman–Crippen LogP) is 0.986. The van der Waals surface area contributed by atoms with Crippen LogP contribution in [0.4, 0.5) is 0 Å². The summed E-state index contributed by atoms with van der Waals surface area (Å²) >= 11 is 0. The van der Waals surface area contributed by atoms with Crippen LogP contribution >= 0.6 is 0 Å². The Morgan fingerprint density at radius 3 is 2.10 bits per heavy atom. The van der Waals surface area contributed by atoms with Crippen LogP contribution in [0.25, 0.3) is 0 Å². The number of hydrogen-bond donors (Lipinski definition) is 4. The fourth-order valence-electron chi connectivity index (χ4n) is 3.32. The maximum absolute atomic E-state index is 12.9. The van der Waals surface area contributed by atoms with Crippen molar-refractivity contribution in [2.24, 2.45) is 17.6 Å². The Bertz CT molecular complexity index is 544. The second-order valence-corrected chi connectivity index (χ2v) is 8.29. The van der Waals surface area contributed by atoms with Crippen molar-refractivity contribution in [1.82, 2.24) is 15.7 Å². The fourth-order valence-corrected chi connectivity index (χ4v) is 3.32. The van der Waals surface area contributed by atoms with Crippen LogP contribution in [-0.4, -0.2) is 66.7 Å². The number of nitrogens with zero attached hydrogens (tertiary/aromatic N) is 1. The second-order valence-electron chi connectivity index (χ2n) is 8.29. The van der Waals surface area contributed by atoms with E-state index in [9.17, 15) is 19.5 Å². The van der Waals surface area contributed by atoms with E-state index in [-0.39, 0.29) is 24.8 Å². The average molecular weight is 441 g/mol. The summed E-state index contributed by atoms with van der Waals surface area (Å²) in [5.41, 5.74) is 5.32. The van der Waals surface area contributed by atoms with Gasteiger partial charge in [-0.15, -0.1) is 0 Å². The van der Waals surface area contributed by atoms with Gasteiger partial charge in [0.15, 0.2) is 0 Å². The van der Waals surface area contributed by atoms with E-state index >= 15 is 0 Å². The summed E-state index contributed by atoms with van der Waals surface area (Å²) in [6.07, 6.45) is 1.69. The van der Waals surface area contributed by atoms with E-state index in [1.807, 2.05) is 27.7 Å². The van der Waals surface area contributed by atoms with E-state index in [0.717, 1.165) is 6.42 Å². The monoisotopic (exact) mass is 441 g/mol. The van der Waals surface area contributed by atoms with Crippen molar-refractivity contribution in [2.45, 2.75) is 91.7 Å². The molecular formula is C21H42BN4O5. The highest BCUT2D eigenvalue weighted by atomic mass is 16.6. The topological polar surface area (TPSA) is 134 Å². The Morgan fingerprint density at radius 2 is 1.65 bits per heavy atom. The fraction of sp³-hybridized carbons (Fsp3) is 0.857. The van der Waals surface area contributed by atoms with Crippen molar-refractivity contribution in [2.75, 3.05) is 13.1 Å². The van der Waals surface area contributed by atoms with Crippen LogP contribution in [0, 0.1) is 11.8 Å². The predicted molar refractivity (Wildman–Crippen MR) is 122 cm³/mol. The molecule has 0 aromatic heterocycles. The molecule has 0 aromatic rings. The zero-order valence-electron chi connectivity index (χ0n) is 20.0. The number of nitrogens with one attached hydrogen (secondary N) is 2. The summed E-state index contributed by atoms with van der Waals surface area (Å²) in [4.78, 5) is 37.1. The minimum atomic E-state index is -0.776. The average Bonchev–Trinajstić information content (AvgIpc) is 2.69. The van der Waals surface area contributed by atoms with Gasteiger partial charge in [-0.1, -0.05) is 41.4 Å². The quantitative estimate of drug-likeness (QED) is 0.196. The number of rotatable bonds is 17. The zero-order valence-corrected chi connectivity index (χ0v) is 20.0. The third-order valence-electron chi connectivity index (χ3n) is 4.97. The van der Waals surface area contributed by atoms with Gasteiger partial charge in [0.1, 0.15) is 12.1 Å². The van der Waals surface area contributed by atoms with Crippen LogP contribution in [0.1, 0.15) is 66.7 Å². The number of nitrogens with two attached hydrogens (primary N) is 1. The number of primary amides is 1. The molecule has 9 nitrogen and oxygen atoms in total. The molecule has 0 bridgehead atoms. The first kappa shape index (κ1) is 29.4. The van der Waals surface area contributed by atoms with Crippen molar-refractivity contribution >= 4 is 25.2 Å². The first-order chi connectivity index (χ1) is 14.6. The van der Waals surface area contributed by atoms with Crippen molar-refractivity contribution in [3.8, 4) is 0 Å². The van der Waals surface area contributed by atoms with Crippen LogP contribution < -0.4 is 16.4 Å². The number of hydrogen-bond acceptors (Lipinski definition) is 6. The highest BCUT2D eigenvalue weighted by Gasteiger charge is 2.29. The Hall–Kier alpha value is -1.65. The van der Waals surface area contributed by atoms with Gasteiger partial charge in [0, 0.05) is 19.0 Å². The maximum atomic E-state index is 12.9. The molecule has 179 valence electrons. The molecule has 0 spiro atoms. The second kappa shape index (κ2) is 16.1. The van der Waals surface area contributed by atoms with Crippen molar-refractivity contribution in [3.63, 3.8) is 0 Å². The van der Waals surface area contributed by atoms with E-state index in [1.54, 1.807) is 26.3 Å². The lowest BCUT2D eigenvalue weighted by Crippen LogP contribution is -2.54. The summed E-state index contributed by atoms with van der Waals surface area (Å²) in [5.74, 6) is -1.63. The van der Waals surface area contributed by atoms with Gasteiger partial charge in [0.25, 0.3) is 0 Å². The first-order valence-electron chi connectivity index (χ1n) is 11.4. The number of hydroxylamine groups is 2. The molecule has 0 saturated carbocycles. The SMILES string of the molecule is C[B]ON(CCC)C[C@H](O)C[C@@H](CC)C(=O)N[C@@H](CC(C)C)C(=O)N[C@@H](CC)C(N)=O. The molecule has 0 heterocycles. The molecular weight excluding hydrogens is 399 g/mol. The number of aliphatic hydroxyl groups is 1. The van der Waals surface area contributed by atoms with Gasteiger partial charge in [-0.25, -0.2) is 5.06 Å². The van der Waals surface area contributed by atoms with Crippen molar-refractivity contribution in [3.05, 3.63) is 0 Å². The molecule has 4 atom stereocenters. The number of carbonyl (C=O) groups excluding carboxylic acids is 3. The number of aliphatic hydroxyl groups excluding tert-OH is 1. The van der Waals surface area contributed by atoms with Crippen LogP contribution in [-0.2, 0) is 19.1 Å². The first-order valence-corrected chi connectivity index (χ1v) is 11.4. The van der Waals surface area contributed by atoms with Crippen LogP contribution in [0.15, 0.2) is 0 Å². The van der Waals surface area contributed by atoms with Gasteiger partial charge in [0.05, 0.1) is 6.10 Å². The molecule has 31 heavy (non-hydrogen) atoms. The molecule has 0 aliphatic carbocycles. The largest absolute Gasteiger partial charge is 0.392 e. The van der Waals surface area contributed by atoms with E-state index in [1.165, 1.54) is 0 Å². The van der Waals surface area contributed by atoms with E-state index in [4.69, 9.17) is 10.5 Å². The lowest BCUT2D eigenvalue weighted by atomic mass is 9.95. The Morgan fingerprint density at radius 1 is 1.03 bits per heavy atom. The molecule has 0 aliphatic rings. The van der Waals surface area contributed by atoms with Crippen LogP contribution in [0.5, 0.6) is 0 Å². The van der Waals surface area contributed by atoms with Gasteiger partial charge >= 0.3 is 7.48 Å².